The van der Waals surface area contributed by atoms with E-state index in [1.807, 2.05) is 45.0 Å². The number of nitrogens with zero attached hydrogens (tertiary/aromatic N) is 1. The van der Waals surface area contributed by atoms with Crippen molar-refractivity contribution < 1.29 is 28.6 Å². The third-order valence-electron chi connectivity index (χ3n) is 10.3. The fraction of sp³-hybridized carbons (Fsp3) is 0.581. The Morgan fingerprint density at radius 3 is 2.50 bits per heavy atom. The number of halogens is 1. The number of carbonyl (C=O) groups is 3. The smallest absolute Gasteiger partial charge is 0.338 e. The van der Waals surface area contributed by atoms with Crippen molar-refractivity contribution in [3.63, 3.8) is 0 Å². The maximum Gasteiger partial charge on any atom is 0.338 e. The first-order chi connectivity index (χ1) is 17.8. The molecule has 0 aromatic heterocycles. The molecule has 0 heterocycles. The molecule has 0 aliphatic heterocycles. The molecule has 4 aliphatic rings. The van der Waals surface area contributed by atoms with Gasteiger partial charge in [0, 0.05) is 37.0 Å². The number of benzene rings is 1. The molecule has 0 radical (unpaired) electrons. The number of anilines is 1. The van der Waals surface area contributed by atoms with Gasteiger partial charge in [-0.1, -0.05) is 25.5 Å². The van der Waals surface area contributed by atoms with Crippen LogP contribution < -0.4 is 4.90 Å². The van der Waals surface area contributed by atoms with Gasteiger partial charge in [0.2, 0.25) is 0 Å². The van der Waals surface area contributed by atoms with Crippen molar-refractivity contribution in [2.24, 2.45) is 34.5 Å². The van der Waals surface area contributed by atoms with Gasteiger partial charge >= 0.3 is 5.97 Å². The van der Waals surface area contributed by atoms with Crippen LogP contribution in [0.4, 0.5) is 10.1 Å². The zero-order chi connectivity index (χ0) is 27.6. The summed E-state index contributed by atoms with van der Waals surface area (Å²) in [6.45, 7) is 5.46. The van der Waals surface area contributed by atoms with E-state index in [4.69, 9.17) is 4.74 Å². The molecule has 1 aromatic rings. The van der Waals surface area contributed by atoms with E-state index in [0.29, 0.717) is 24.8 Å². The van der Waals surface area contributed by atoms with Gasteiger partial charge in [0.05, 0.1) is 11.7 Å². The summed E-state index contributed by atoms with van der Waals surface area (Å²) in [5.41, 5.74) is -1.50. The first-order valence-corrected chi connectivity index (χ1v) is 13.6. The molecule has 0 bridgehead atoms. The second-order valence-electron chi connectivity index (χ2n) is 12.5. The first kappa shape index (κ1) is 26.8. The molecule has 7 heteroatoms. The van der Waals surface area contributed by atoms with Crippen LogP contribution in [-0.2, 0) is 14.3 Å². The fourth-order valence-corrected chi connectivity index (χ4v) is 8.47. The molecule has 204 valence electrons. The average Bonchev–Trinajstić information content (AvgIpc) is 3.13. The summed E-state index contributed by atoms with van der Waals surface area (Å²) >= 11 is 0. The molecule has 6 nitrogen and oxygen atoms in total. The van der Waals surface area contributed by atoms with Crippen LogP contribution in [0.3, 0.4) is 0 Å². The molecule has 0 saturated heterocycles. The third kappa shape index (κ3) is 3.80. The van der Waals surface area contributed by atoms with Crippen molar-refractivity contribution in [3.05, 3.63) is 53.6 Å². The normalized spacial score (nSPS) is 39.5. The number of aliphatic hydroxyl groups excluding tert-OH is 1. The number of rotatable bonds is 5. The van der Waals surface area contributed by atoms with Crippen LogP contribution >= 0.6 is 0 Å². The van der Waals surface area contributed by atoms with E-state index in [2.05, 4.69) is 0 Å². The molecule has 4 aliphatic carbocycles. The number of carbonyl (C=O) groups excluding carboxylic acids is 3. The van der Waals surface area contributed by atoms with Gasteiger partial charge in [-0.15, -0.1) is 0 Å². The van der Waals surface area contributed by atoms with Gasteiger partial charge in [-0.05, 0) is 86.3 Å². The van der Waals surface area contributed by atoms with Gasteiger partial charge in [0.25, 0.3) is 0 Å². The van der Waals surface area contributed by atoms with Crippen molar-refractivity contribution >= 4 is 23.2 Å². The zero-order valence-electron chi connectivity index (χ0n) is 22.9. The lowest BCUT2D eigenvalue weighted by Gasteiger charge is -2.61. The van der Waals surface area contributed by atoms with E-state index < -0.39 is 40.4 Å². The van der Waals surface area contributed by atoms with Gasteiger partial charge in [-0.3, -0.25) is 9.59 Å². The highest BCUT2D eigenvalue weighted by molar-refractivity contribution is 6.01. The summed E-state index contributed by atoms with van der Waals surface area (Å²) in [4.78, 5) is 40.1. The van der Waals surface area contributed by atoms with Crippen LogP contribution in [0.5, 0.6) is 0 Å². The molecule has 8 atom stereocenters. The standard InChI is InChI=1S/C31H38FNO5/c1-18-14-24-23-11-8-20-15-22(34)12-13-30(20,3)31(23,32)26(36)16-29(24,2)27(18)25(35)17-38-28(37)19-6-9-21(10-7-19)33(4)5/h6-7,9-10,12-13,15,18,23-24,26-27,36H,8,11,14,16-17H2,1-5H3/t18-,23+,24+,26+,27-,29+,30+,31+/m1/s1. The third-order valence-corrected chi connectivity index (χ3v) is 10.3. The molecule has 1 aromatic carbocycles. The van der Waals surface area contributed by atoms with Gasteiger partial charge in [0.1, 0.15) is 0 Å². The Morgan fingerprint density at radius 2 is 1.84 bits per heavy atom. The molecule has 0 amide bonds. The summed E-state index contributed by atoms with van der Waals surface area (Å²) in [5, 5.41) is 11.4. The van der Waals surface area contributed by atoms with Crippen molar-refractivity contribution in [2.45, 2.75) is 58.2 Å². The lowest BCUT2D eigenvalue weighted by Crippen LogP contribution is -2.66. The summed E-state index contributed by atoms with van der Waals surface area (Å²) in [5.74, 6) is -1.88. The minimum absolute atomic E-state index is 0.0293. The number of allylic oxidation sites excluding steroid dienone is 4. The highest BCUT2D eigenvalue weighted by atomic mass is 19.1. The Labute approximate surface area is 223 Å². The van der Waals surface area contributed by atoms with Crippen LogP contribution in [0.2, 0.25) is 0 Å². The Hall–Kier alpha value is -2.80. The van der Waals surface area contributed by atoms with E-state index in [1.165, 1.54) is 12.2 Å². The van der Waals surface area contributed by atoms with Crippen LogP contribution in [0.1, 0.15) is 56.8 Å². The lowest BCUT2D eigenvalue weighted by molar-refractivity contribution is -0.196. The van der Waals surface area contributed by atoms with Crippen LogP contribution in [0, 0.1) is 34.5 Å². The predicted octanol–water partition coefficient (Wildman–Crippen LogP) is 4.71. The van der Waals surface area contributed by atoms with Crippen molar-refractivity contribution in [2.75, 3.05) is 25.6 Å². The molecule has 0 unspecified atom stereocenters. The summed E-state index contributed by atoms with van der Waals surface area (Å²) in [7, 11) is 3.82. The maximum atomic E-state index is 17.2. The van der Waals surface area contributed by atoms with Crippen LogP contribution in [-0.4, -0.2) is 55.1 Å². The molecule has 0 spiro atoms. The van der Waals surface area contributed by atoms with Crippen molar-refractivity contribution in [1.82, 2.24) is 0 Å². The van der Waals surface area contributed by atoms with Gasteiger partial charge in [0.15, 0.2) is 23.8 Å². The minimum atomic E-state index is -1.92. The Kier molecular flexibility index (Phi) is 6.45. The Morgan fingerprint density at radius 1 is 1.16 bits per heavy atom. The summed E-state index contributed by atoms with van der Waals surface area (Å²) in [6, 6.07) is 6.99. The molecule has 5 rings (SSSR count). The number of Topliss-reactive ketones (excluding diaryl/α,β-unsaturated/α-hetero) is 1. The highest BCUT2D eigenvalue weighted by Gasteiger charge is 2.71. The van der Waals surface area contributed by atoms with Crippen molar-refractivity contribution in [3.8, 4) is 0 Å². The SMILES string of the molecule is C[C@@H]1C[C@H]2[C@@H]3CCC4=CC(=O)C=C[C@]4(C)[C@@]3(F)[C@@H](O)C[C@]2(C)[C@H]1C(=O)COC(=O)c1ccc(N(C)C)cc1. The van der Waals surface area contributed by atoms with E-state index in [0.717, 1.165) is 11.3 Å². The number of fused-ring (bicyclic) bond motifs is 5. The number of esters is 1. The van der Waals surface area contributed by atoms with Gasteiger partial charge < -0.3 is 14.7 Å². The largest absolute Gasteiger partial charge is 0.454 e. The van der Waals surface area contributed by atoms with E-state index in [-0.39, 0.29) is 36.4 Å². The van der Waals surface area contributed by atoms with Crippen LogP contribution in [0.15, 0.2) is 48.1 Å². The molecular weight excluding hydrogens is 485 g/mol. The van der Waals surface area contributed by atoms with E-state index in [1.54, 1.807) is 25.1 Å². The number of ketones is 2. The molecule has 3 saturated carbocycles. The number of alkyl halides is 1. The van der Waals surface area contributed by atoms with Crippen LogP contribution in [0.25, 0.3) is 0 Å². The average molecular weight is 524 g/mol. The number of aliphatic hydroxyl groups is 1. The Balaban J connectivity index is 1.35. The van der Waals surface area contributed by atoms with Gasteiger partial charge in [-0.2, -0.15) is 0 Å². The highest BCUT2D eigenvalue weighted by Crippen LogP contribution is 2.69. The molecule has 38 heavy (non-hydrogen) atoms. The monoisotopic (exact) mass is 523 g/mol. The zero-order valence-corrected chi connectivity index (χ0v) is 22.9. The number of hydrogen-bond acceptors (Lipinski definition) is 6. The maximum absolute atomic E-state index is 17.2. The van der Waals surface area contributed by atoms with Crippen molar-refractivity contribution in [1.29, 1.82) is 0 Å². The molecule has 1 N–H and O–H groups in total. The Bertz CT molecular complexity index is 1220. The fourth-order valence-electron chi connectivity index (χ4n) is 8.47. The quantitative estimate of drug-likeness (QED) is 0.563. The van der Waals surface area contributed by atoms with E-state index >= 15 is 4.39 Å². The lowest BCUT2D eigenvalue weighted by atomic mass is 9.45. The summed E-state index contributed by atoms with van der Waals surface area (Å²) < 4.78 is 22.7. The van der Waals surface area contributed by atoms with E-state index in [9.17, 15) is 19.5 Å². The first-order valence-electron chi connectivity index (χ1n) is 13.6. The predicted molar refractivity (Wildman–Crippen MR) is 142 cm³/mol. The number of hydrogen-bond donors (Lipinski definition) is 1. The molecule has 3 fully saturated rings. The topological polar surface area (TPSA) is 83.9 Å². The second kappa shape index (κ2) is 9.15. The second-order valence-corrected chi connectivity index (χ2v) is 12.5. The molecular formula is C31H38FNO5. The summed E-state index contributed by atoms with van der Waals surface area (Å²) in [6.07, 6.45) is 5.27. The minimum Gasteiger partial charge on any atom is -0.454 e. The van der Waals surface area contributed by atoms with Gasteiger partial charge in [-0.25, -0.2) is 9.18 Å². The number of ether oxygens (including phenoxy) is 1.